The summed E-state index contributed by atoms with van der Waals surface area (Å²) in [6.07, 6.45) is 1.98. The third-order valence-electron chi connectivity index (χ3n) is 5.40. The second kappa shape index (κ2) is 7.16. The predicted octanol–water partition coefficient (Wildman–Crippen LogP) is 2.44. The lowest BCUT2D eigenvalue weighted by Gasteiger charge is -2.45. The molecule has 0 amide bonds. The maximum absolute atomic E-state index is 10.1. The van der Waals surface area contributed by atoms with E-state index in [0.717, 1.165) is 11.1 Å². The molecule has 136 valence electrons. The third-order valence-corrected chi connectivity index (χ3v) is 5.40. The van der Waals surface area contributed by atoms with Crippen LogP contribution in [0.3, 0.4) is 0 Å². The van der Waals surface area contributed by atoms with Gasteiger partial charge in [-0.05, 0) is 25.6 Å². The molecule has 0 unspecified atom stereocenters. The van der Waals surface area contributed by atoms with Gasteiger partial charge in [-0.15, -0.1) is 0 Å². The van der Waals surface area contributed by atoms with Crippen molar-refractivity contribution in [2.24, 2.45) is 17.1 Å². The van der Waals surface area contributed by atoms with Gasteiger partial charge in [0.15, 0.2) is 5.41 Å². The zero-order valence-corrected chi connectivity index (χ0v) is 15.4. The van der Waals surface area contributed by atoms with Gasteiger partial charge in [-0.1, -0.05) is 24.3 Å². The van der Waals surface area contributed by atoms with E-state index in [-0.39, 0.29) is 17.2 Å². The Morgan fingerprint density at radius 3 is 2.59 bits per heavy atom. The molecule has 2 N–H and O–H groups in total. The number of rotatable bonds is 3. The van der Waals surface area contributed by atoms with Crippen LogP contribution < -0.4 is 10.5 Å². The zero-order chi connectivity index (χ0) is 19.6. The largest absolute Gasteiger partial charge is 0.494 e. The van der Waals surface area contributed by atoms with Crippen LogP contribution in [0.4, 0.5) is 0 Å². The Bertz CT molecular complexity index is 927. The van der Waals surface area contributed by atoms with Crippen molar-refractivity contribution >= 4 is 0 Å². The number of hydrogen-bond acceptors (Lipinski definition) is 6. The van der Waals surface area contributed by atoms with Crippen LogP contribution >= 0.6 is 0 Å². The van der Waals surface area contributed by atoms with Gasteiger partial charge in [0, 0.05) is 30.5 Å². The Morgan fingerprint density at radius 2 is 1.96 bits per heavy atom. The number of nitrogens with two attached hydrogens (primary N) is 1. The quantitative estimate of drug-likeness (QED) is 0.887. The molecular formula is C21H21N5O. The van der Waals surface area contributed by atoms with E-state index in [0.29, 0.717) is 25.4 Å². The number of para-hydroxylation sites is 1. The second-order valence-electron chi connectivity index (χ2n) is 6.87. The van der Waals surface area contributed by atoms with Crippen LogP contribution in [0.1, 0.15) is 18.4 Å². The molecule has 0 saturated carbocycles. The van der Waals surface area contributed by atoms with E-state index in [1.54, 1.807) is 0 Å². The van der Waals surface area contributed by atoms with Crippen molar-refractivity contribution in [1.82, 2.24) is 4.90 Å². The fourth-order valence-electron chi connectivity index (χ4n) is 4.19. The highest BCUT2D eigenvalue weighted by molar-refractivity contribution is 5.60. The number of hydrogen-bond donors (Lipinski definition) is 1. The molecule has 0 aromatic heterocycles. The molecule has 3 rings (SSSR count). The minimum absolute atomic E-state index is 0.0401. The van der Waals surface area contributed by atoms with E-state index in [1.165, 1.54) is 0 Å². The molecule has 0 fully saturated rings. The number of nitrogens with zero attached hydrogens (tertiary/aromatic N) is 4. The summed E-state index contributed by atoms with van der Waals surface area (Å²) in [5.74, 6) is -0.0892. The van der Waals surface area contributed by atoms with Crippen molar-refractivity contribution < 1.29 is 4.74 Å². The maximum Gasteiger partial charge on any atom is 0.191 e. The van der Waals surface area contributed by atoms with Crippen LogP contribution in [0.15, 0.2) is 47.2 Å². The molecule has 6 heteroatoms. The smallest absolute Gasteiger partial charge is 0.191 e. The Balaban J connectivity index is 2.34. The van der Waals surface area contributed by atoms with E-state index in [4.69, 9.17) is 10.5 Å². The van der Waals surface area contributed by atoms with Gasteiger partial charge in [0.05, 0.1) is 30.0 Å². The number of nitriles is 3. The zero-order valence-electron chi connectivity index (χ0n) is 15.4. The summed E-state index contributed by atoms with van der Waals surface area (Å²) in [7, 11) is 1.98. The first-order chi connectivity index (χ1) is 13.0. The SMILES string of the molecule is CCOc1ccccc1[C@@H]1[C@H]2CN(C)CC=C2C(C#N)=C(N)C1(C#N)C#N. The van der Waals surface area contributed by atoms with Crippen LogP contribution in [-0.4, -0.2) is 31.6 Å². The summed E-state index contributed by atoms with van der Waals surface area (Å²) >= 11 is 0. The first kappa shape index (κ1) is 18.5. The third kappa shape index (κ3) is 2.74. The number of allylic oxidation sites excluding steroid dienone is 2. The molecule has 1 aliphatic carbocycles. The van der Waals surface area contributed by atoms with E-state index in [2.05, 4.69) is 23.1 Å². The van der Waals surface area contributed by atoms with Crippen molar-refractivity contribution in [3.8, 4) is 24.0 Å². The van der Waals surface area contributed by atoms with E-state index < -0.39 is 11.3 Å². The minimum Gasteiger partial charge on any atom is -0.494 e. The van der Waals surface area contributed by atoms with Crippen molar-refractivity contribution in [1.29, 1.82) is 15.8 Å². The molecule has 1 aromatic carbocycles. The summed E-state index contributed by atoms with van der Waals surface area (Å²) in [6.45, 7) is 3.68. The number of benzene rings is 1. The molecule has 1 aromatic rings. The number of fused-ring (bicyclic) bond motifs is 1. The molecule has 0 saturated heterocycles. The molecule has 1 heterocycles. The Kier molecular flexibility index (Phi) is 4.91. The van der Waals surface area contributed by atoms with E-state index >= 15 is 0 Å². The van der Waals surface area contributed by atoms with Crippen LogP contribution in [0, 0.1) is 45.3 Å². The topological polar surface area (TPSA) is 110 Å². The average molecular weight is 359 g/mol. The highest BCUT2D eigenvalue weighted by atomic mass is 16.5. The highest BCUT2D eigenvalue weighted by Crippen LogP contribution is 2.55. The van der Waals surface area contributed by atoms with Crippen molar-refractivity contribution in [3.05, 3.63) is 52.7 Å². The van der Waals surface area contributed by atoms with E-state index in [1.807, 2.05) is 44.3 Å². The van der Waals surface area contributed by atoms with Gasteiger partial charge in [-0.25, -0.2) is 0 Å². The van der Waals surface area contributed by atoms with Crippen molar-refractivity contribution in [2.45, 2.75) is 12.8 Å². The molecule has 0 bridgehead atoms. The molecular weight excluding hydrogens is 338 g/mol. The molecule has 2 atom stereocenters. The van der Waals surface area contributed by atoms with Gasteiger partial charge in [-0.3, -0.25) is 0 Å². The second-order valence-corrected chi connectivity index (χ2v) is 6.87. The fraction of sp³-hybridized carbons (Fsp3) is 0.381. The standard InChI is InChI=1S/C21H21N5O/c1-3-27-18-7-5-4-6-15(18)19-17-11-26(2)9-8-14(17)16(10-22)20(25)21(19,12-23)13-24/h4-8,17,19H,3,9,11,25H2,1-2H3/t17-,19+/m0/s1. The molecule has 27 heavy (non-hydrogen) atoms. The first-order valence-electron chi connectivity index (χ1n) is 8.87. The van der Waals surface area contributed by atoms with Gasteiger partial charge < -0.3 is 15.4 Å². The normalized spacial score (nSPS) is 24.0. The van der Waals surface area contributed by atoms with Crippen LogP contribution in [0.2, 0.25) is 0 Å². The van der Waals surface area contributed by atoms with Gasteiger partial charge in [0.25, 0.3) is 0 Å². The Labute approximate surface area is 159 Å². The van der Waals surface area contributed by atoms with Crippen molar-refractivity contribution in [3.63, 3.8) is 0 Å². The fourth-order valence-corrected chi connectivity index (χ4v) is 4.19. The highest BCUT2D eigenvalue weighted by Gasteiger charge is 2.55. The first-order valence-corrected chi connectivity index (χ1v) is 8.87. The summed E-state index contributed by atoms with van der Waals surface area (Å²) in [5, 5.41) is 29.8. The Hall–Kier alpha value is -3.27. The molecule has 6 nitrogen and oxygen atoms in total. The summed E-state index contributed by atoms with van der Waals surface area (Å²) in [5.41, 5.74) is 6.58. The van der Waals surface area contributed by atoms with E-state index in [9.17, 15) is 15.8 Å². The lowest BCUT2D eigenvalue weighted by molar-refractivity contribution is 0.232. The van der Waals surface area contributed by atoms with Crippen LogP contribution in [0.5, 0.6) is 5.75 Å². The summed E-state index contributed by atoms with van der Waals surface area (Å²) in [4.78, 5) is 2.11. The lowest BCUT2D eigenvalue weighted by Crippen LogP contribution is -2.47. The van der Waals surface area contributed by atoms with Crippen LogP contribution in [0.25, 0.3) is 0 Å². The molecule has 2 aliphatic rings. The van der Waals surface area contributed by atoms with Crippen molar-refractivity contribution in [2.75, 3.05) is 26.7 Å². The molecule has 0 spiro atoms. The number of likely N-dealkylation sites (N-methyl/N-ethyl adjacent to an activating group) is 1. The number of ether oxygens (including phenoxy) is 1. The monoisotopic (exact) mass is 359 g/mol. The molecule has 1 aliphatic heterocycles. The molecule has 0 radical (unpaired) electrons. The van der Waals surface area contributed by atoms with Gasteiger partial charge in [0.1, 0.15) is 11.8 Å². The maximum atomic E-state index is 10.1. The summed E-state index contributed by atoms with van der Waals surface area (Å²) in [6, 6.07) is 13.9. The Morgan fingerprint density at radius 1 is 1.26 bits per heavy atom. The average Bonchev–Trinajstić information content (AvgIpc) is 2.68. The lowest BCUT2D eigenvalue weighted by atomic mass is 9.58. The minimum atomic E-state index is -1.63. The van der Waals surface area contributed by atoms with Gasteiger partial charge in [-0.2, -0.15) is 15.8 Å². The van der Waals surface area contributed by atoms with Crippen LogP contribution in [-0.2, 0) is 0 Å². The van der Waals surface area contributed by atoms with Gasteiger partial charge >= 0.3 is 0 Å². The summed E-state index contributed by atoms with van der Waals surface area (Å²) < 4.78 is 5.79. The van der Waals surface area contributed by atoms with Gasteiger partial charge in [0.2, 0.25) is 0 Å². The predicted molar refractivity (Wildman–Crippen MR) is 99.9 cm³/mol.